The van der Waals surface area contributed by atoms with Gasteiger partial charge in [0.25, 0.3) is 5.56 Å². The van der Waals surface area contributed by atoms with E-state index in [4.69, 9.17) is 4.98 Å². The molecular weight excluding hydrogens is 350 g/mol. The van der Waals surface area contributed by atoms with E-state index in [1.807, 2.05) is 17.7 Å². The SMILES string of the molecule is CCn1c(Cn2ccnc2)nc2c1CCCc1c-2[nH]c(=O)c(C(=O)O)c1O. The van der Waals surface area contributed by atoms with Gasteiger partial charge in [-0.25, -0.2) is 14.8 Å². The van der Waals surface area contributed by atoms with Crippen LogP contribution in [0.5, 0.6) is 5.75 Å². The van der Waals surface area contributed by atoms with Crippen molar-refractivity contribution < 1.29 is 15.0 Å². The second-order valence-electron chi connectivity index (χ2n) is 6.49. The molecule has 9 nitrogen and oxygen atoms in total. The number of pyridine rings is 1. The van der Waals surface area contributed by atoms with Gasteiger partial charge < -0.3 is 24.3 Å². The second kappa shape index (κ2) is 6.42. The maximum absolute atomic E-state index is 12.2. The van der Waals surface area contributed by atoms with Crippen molar-refractivity contribution in [1.29, 1.82) is 0 Å². The van der Waals surface area contributed by atoms with E-state index in [1.54, 1.807) is 12.5 Å². The number of aromatic hydroxyl groups is 1. The average Bonchev–Trinajstić information content (AvgIpc) is 3.20. The largest absolute Gasteiger partial charge is 0.506 e. The number of hydrogen-bond donors (Lipinski definition) is 3. The predicted molar refractivity (Wildman–Crippen MR) is 95.9 cm³/mol. The number of carboxylic acid groups (broad SMARTS) is 1. The summed E-state index contributed by atoms with van der Waals surface area (Å²) >= 11 is 0. The fraction of sp³-hybridized carbons (Fsp3) is 0.333. The van der Waals surface area contributed by atoms with Crippen LogP contribution >= 0.6 is 0 Å². The molecule has 0 aromatic carbocycles. The summed E-state index contributed by atoms with van der Waals surface area (Å²) < 4.78 is 4.01. The quantitative estimate of drug-likeness (QED) is 0.638. The van der Waals surface area contributed by atoms with Gasteiger partial charge in [-0.3, -0.25) is 4.79 Å². The maximum Gasteiger partial charge on any atom is 0.345 e. The molecule has 0 bridgehead atoms. The van der Waals surface area contributed by atoms with Crippen LogP contribution in [0.25, 0.3) is 11.4 Å². The van der Waals surface area contributed by atoms with Gasteiger partial charge in [-0.2, -0.15) is 0 Å². The zero-order valence-corrected chi connectivity index (χ0v) is 14.8. The fourth-order valence-corrected chi connectivity index (χ4v) is 3.73. The minimum atomic E-state index is -1.44. The van der Waals surface area contributed by atoms with E-state index < -0.39 is 22.8 Å². The highest BCUT2D eigenvalue weighted by Crippen LogP contribution is 2.36. The molecule has 0 fully saturated rings. The molecule has 0 atom stereocenters. The summed E-state index contributed by atoms with van der Waals surface area (Å²) in [4.78, 5) is 35.0. The van der Waals surface area contributed by atoms with Gasteiger partial charge in [0.1, 0.15) is 17.3 Å². The van der Waals surface area contributed by atoms with Crippen molar-refractivity contribution in [2.24, 2.45) is 0 Å². The van der Waals surface area contributed by atoms with Crippen molar-refractivity contribution in [2.75, 3.05) is 0 Å². The lowest BCUT2D eigenvalue weighted by Gasteiger charge is -2.09. The van der Waals surface area contributed by atoms with Crippen molar-refractivity contribution >= 4 is 5.97 Å². The molecular formula is C18H19N5O4. The first-order valence-electron chi connectivity index (χ1n) is 8.77. The Balaban J connectivity index is 1.92. The molecule has 0 saturated carbocycles. The third-order valence-corrected chi connectivity index (χ3v) is 4.93. The van der Waals surface area contributed by atoms with Crippen LogP contribution in [-0.2, 0) is 25.9 Å². The number of aromatic amines is 1. The summed E-state index contributed by atoms with van der Waals surface area (Å²) in [7, 11) is 0. The molecule has 3 aromatic heterocycles. The third-order valence-electron chi connectivity index (χ3n) is 4.93. The van der Waals surface area contributed by atoms with Gasteiger partial charge in [0.05, 0.1) is 18.6 Å². The van der Waals surface area contributed by atoms with Crippen LogP contribution in [0, 0.1) is 0 Å². The van der Waals surface area contributed by atoms with Crippen LogP contribution in [-0.4, -0.2) is 40.3 Å². The second-order valence-corrected chi connectivity index (χ2v) is 6.49. The molecule has 3 heterocycles. The van der Waals surface area contributed by atoms with E-state index >= 15 is 0 Å². The van der Waals surface area contributed by atoms with Gasteiger partial charge in [0, 0.05) is 30.2 Å². The molecule has 1 aliphatic rings. The van der Waals surface area contributed by atoms with Crippen LogP contribution < -0.4 is 5.56 Å². The number of carboxylic acids is 1. The number of nitrogens with one attached hydrogen (secondary N) is 1. The van der Waals surface area contributed by atoms with Crippen LogP contribution in [0.15, 0.2) is 23.5 Å². The summed E-state index contributed by atoms with van der Waals surface area (Å²) in [5.41, 5.74) is 0.975. The summed E-state index contributed by atoms with van der Waals surface area (Å²) in [6.07, 6.45) is 7.16. The molecule has 4 rings (SSSR count). The number of aromatic carboxylic acids is 1. The van der Waals surface area contributed by atoms with Crippen molar-refractivity contribution in [3.8, 4) is 17.1 Å². The van der Waals surface area contributed by atoms with Gasteiger partial charge in [-0.1, -0.05) is 0 Å². The average molecular weight is 369 g/mol. The fourth-order valence-electron chi connectivity index (χ4n) is 3.73. The zero-order valence-electron chi connectivity index (χ0n) is 14.8. The number of nitrogens with zero attached hydrogens (tertiary/aromatic N) is 4. The highest BCUT2D eigenvalue weighted by atomic mass is 16.4. The molecule has 9 heteroatoms. The smallest absolute Gasteiger partial charge is 0.345 e. The molecule has 0 unspecified atom stereocenters. The minimum absolute atomic E-state index is 0.411. The van der Waals surface area contributed by atoms with E-state index in [2.05, 4.69) is 14.5 Å². The Bertz CT molecular complexity index is 1080. The van der Waals surface area contributed by atoms with Crippen molar-refractivity contribution in [2.45, 2.75) is 39.3 Å². The van der Waals surface area contributed by atoms with Crippen LogP contribution in [0.2, 0.25) is 0 Å². The number of hydrogen-bond acceptors (Lipinski definition) is 5. The lowest BCUT2D eigenvalue weighted by molar-refractivity contribution is 0.0691. The summed E-state index contributed by atoms with van der Waals surface area (Å²) in [5.74, 6) is -1.09. The van der Waals surface area contributed by atoms with E-state index in [1.165, 1.54) is 0 Å². The molecule has 140 valence electrons. The van der Waals surface area contributed by atoms with Crippen LogP contribution in [0.4, 0.5) is 0 Å². The van der Waals surface area contributed by atoms with Crippen LogP contribution in [0.3, 0.4) is 0 Å². The summed E-state index contributed by atoms with van der Waals surface area (Å²) in [6, 6.07) is 0. The zero-order chi connectivity index (χ0) is 19.1. The van der Waals surface area contributed by atoms with Crippen LogP contribution in [0.1, 0.15) is 40.8 Å². The van der Waals surface area contributed by atoms with Gasteiger partial charge in [-0.15, -0.1) is 0 Å². The molecule has 3 aromatic rings. The number of carbonyl (C=O) groups is 1. The lowest BCUT2D eigenvalue weighted by Crippen LogP contribution is -2.20. The van der Waals surface area contributed by atoms with Gasteiger partial charge in [-0.05, 0) is 26.2 Å². The number of aromatic nitrogens is 5. The summed E-state index contributed by atoms with van der Waals surface area (Å²) in [6.45, 7) is 3.27. The van der Waals surface area contributed by atoms with E-state index in [-0.39, 0.29) is 0 Å². The number of imidazole rings is 2. The number of H-pyrrole nitrogens is 1. The van der Waals surface area contributed by atoms with E-state index in [0.29, 0.717) is 36.5 Å². The first-order chi connectivity index (χ1) is 13.0. The van der Waals surface area contributed by atoms with Crippen molar-refractivity contribution in [3.63, 3.8) is 0 Å². The van der Waals surface area contributed by atoms with Gasteiger partial charge >= 0.3 is 5.97 Å². The number of rotatable bonds is 4. The Hall–Kier alpha value is -3.36. The monoisotopic (exact) mass is 369 g/mol. The highest BCUT2D eigenvalue weighted by Gasteiger charge is 2.28. The molecule has 0 aliphatic heterocycles. The Morgan fingerprint density at radius 3 is 2.85 bits per heavy atom. The Morgan fingerprint density at radius 1 is 1.37 bits per heavy atom. The lowest BCUT2D eigenvalue weighted by atomic mass is 10.0. The van der Waals surface area contributed by atoms with Gasteiger partial charge in [0.2, 0.25) is 0 Å². The van der Waals surface area contributed by atoms with Gasteiger partial charge in [0.15, 0.2) is 5.56 Å². The molecule has 27 heavy (non-hydrogen) atoms. The third kappa shape index (κ3) is 2.71. The number of fused-ring (bicyclic) bond motifs is 3. The van der Waals surface area contributed by atoms with Crippen molar-refractivity contribution in [3.05, 3.63) is 51.7 Å². The molecule has 0 radical (unpaired) electrons. The highest BCUT2D eigenvalue weighted by molar-refractivity contribution is 5.91. The first-order valence-corrected chi connectivity index (χ1v) is 8.77. The van der Waals surface area contributed by atoms with E-state index in [9.17, 15) is 19.8 Å². The van der Waals surface area contributed by atoms with E-state index in [0.717, 1.165) is 24.4 Å². The predicted octanol–water partition coefficient (Wildman–Crippen LogP) is 1.40. The Kier molecular flexibility index (Phi) is 4.06. The van der Waals surface area contributed by atoms with Crippen molar-refractivity contribution in [1.82, 2.24) is 24.1 Å². The Labute approximate surface area is 154 Å². The normalized spacial score (nSPS) is 13.1. The molecule has 1 aliphatic carbocycles. The molecule has 0 saturated heterocycles. The Morgan fingerprint density at radius 2 is 2.19 bits per heavy atom. The maximum atomic E-state index is 12.2. The standard InChI is InChI=1S/C18H19N5O4/c1-2-23-11-5-3-4-10-14(21-17(25)13(16(10)24)18(26)27)15(11)20-12(23)8-22-7-6-19-9-22/h6-7,9H,2-5,8H2,1H3,(H,26,27)(H2,21,24,25). The molecule has 3 N–H and O–H groups in total. The first kappa shape index (κ1) is 17.1. The topological polar surface area (TPSA) is 126 Å². The molecule has 0 spiro atoms. The molecule has 0 amide bonds. The summed E-state index contributed by atoms with van der Waals surface area (Å²) in [5, 5.41) is 19.7. The minimum Gasteiger partial charge on any atom is -0.506 e.